The molecule has 6 heteroatoms. The molecule has 1 amide bonds. The molecule has 3 heterocycles. The highest BCUT2D eigenvalue weighted by molar-refractivity contribution is 5.92. The quantitative estimate of drug-likeness (QED) is 0.796. The van der Waals surface area contributed by atoms with Crippen molar-refractivity contribution in [3.63, 3.8) is 0 Å². The summed E-state index contributed by atoms with van der Waals surface area (Å²) in [6.45, 7) is 2.05. The molecule has 18 heavy (non-hydrogen) atoms. The molecule has 3 rings (SSSR count). The van der Waals surface area contributed by atoms with Crippen molar-refractivity contribution in [1.82, 2.24) is 19.9 Å². The summed E-state index contributed by atoms with van der Waals surface area (Å²) in [5.74, 6) is -0.00621. The van der Waals surface area contributed by atoms with Crippen LogP contribution in [0, 0.1) is 0 Å². The number of primary amides is 1. The average molecular weight is 245 g/mol. The zero-order valence-electron chi connectivity index (χ0n) is 9.97. The number of piperidine rings is 1. The summed E-state index contributed by atoms with van der Waals surface area (Å²) >= 11 is 0. The number of fused-ring (bicyclic) bond motifs is 1. The molecule has 94 valence electrons. The minimum atomic E-state index is -0.483. The molecule has 3 N–H and O–H groups in total. The van der Waals surface area contributed by atoms with Gasteiger partial charge in [0.05, 0.1) is 11.3 Å². The Bertz CT molecular complexity index is 585. The van der Waals surface area contributed by atoms with E-state index in [-0.39, 0.29) is 0 Å². The molecule has 1 saturated heterocycles. The lowest BCUT2D eigenvalue weighted by Crippen LogP contribution is -2.26. The summed E-state index contributed by atoms with van der Waals surface area (Å²) in [5, 5.41) is 7.83. The number of hydrogen-bond acceptors (Lipinski definition) is 4. The number of nitrogens with one attached hydrogen (secondary N) is 1. The van der Waals surface area contributed by atoms with Crippen LogP contribution >= 0.6 is 0 Å². The van der Waals surface area contributed by atoms with Crippen molar-refractivity contribution in [2.75, 3.05) is 13.1 Å². The summed E-state index contributed by atoms with van der Waals surface area (Å²) in [5.41, 5.74) is 7.41. The smallest absolute Gasteiger partial charge is 0.251 e. The standard InChI is InChI=1S/C12H15N5O/c13-12(18)9-6-15-11-5-10(16-17(11)7-9)8-1-3-14-4-2-8/h5-8,14H,1-4H2,(H2,13,18). The molecule has 0 spiro atoms. The molecule has 0 aromatic carbocycles. The molecule has 1 aliphatic heterocycles. The van der Waals surface area contributed by atoms with Gasteiger partial charge in [-0.1, -0.05) is 0 Å². The van der Waals surface area contributed by atoms with E-state index in [4.69, 9.17) is 5.73 Å². The van der Waals surface area contributed by atoms with Crippen LogP contribution in [-0.4, -0.2) is 33.6 Å². The molecular weight excluding hydrogens is 230 g/mol. The molecular formula is C12H15N5O. The van der Waals surface area contributed by atoms with Crippen LogP contribution in [0.2, 0.25) is 0 Å². The number of amides is 1. The molecule has 1 aliphatic rings. The lowest BCUT2D eigenvalue weighted by atomic mass is 9.95. The van der Waals surface area contributed by atoms with Crippen molar-refractivity contribution >= 4 is 11.6 Å². The van der Waals surface area contributed by atoms with Crippen LogP contribution in [0.5, 0.6) is 0 Å². The number of carbonyl (C=O) groups excluding carboxylic acids is 1. The van der Waals surface area contributed by atoms with Crippen LogP contribution in [0.3, 0.4) is 0 Å². The lowest BCUT2D eigenvalue weighted by Gasteiger charge is -2.20. The summed E-state index contributed by atoms with van der Waals surface area (Å²) < 4.78 is 1.64. The second kappa shape index (κ2) is 4.38. The summed E-state index contributed by atoms with van der Waals surface area (Å²) in [6.07, 6.45) is 5.31. The van der Waals surface area contributed by atoms with Gasteiger partial charge in [-0.15, -0.1) is 0 Å². The Kier molecular flexibility index (Phi) is 2.71. The minimum Gasteiger partial charge on any atom is -0.366 e. The third-order valence-electron chi connectivity index (χ3n) is 3.37. The van der Waals surface area contributed by atoms with Gasteiger partial charge in [0, 0.05) is 24.4 Å². The molecule has 2 aromatic rings. The van der Waals surface area contributed by atoms with E-state index in [0.29, 0.717) is 11.5 Å². The molecule has 0 radical (unpaired) electrons. The number of aromatic nitrogens is 3. The number of hydrogen-bond donors (Lipinski definition) is 2. The first kappa shape index (κ1) is 11.2. The molecule has 6 nitrogen and oxygen atoms in total. The van der Waals surface area contributed by atoms with Crippen LogP contribution < -0.4 is 11.1 Å². The van der Waals surface area contributed by atoms with E-state index in [1.165, 1.54) is 6.20 Å². The number of nitrogens with zero attached hydrogens (tertiary/aromatic N) is 3. The second-order valence-electron chi connectivity index (χ2n) is 4.60. The van der Waals surface area contributed by atoms with E-state index in [1.54, 1.807) is 10.7 Å². The Morgan fingerprint density at radius 1 is 1.44 bits per heavy atom. The SMILES string of the molecule is NC(=O)c1cnc2cc(C3CCNCC3)nn2c1. The van der Waals surface area contributed by atoms with Gasteiger partial charge in [0.15, 0.2) is 5.65 Å². The normalized spacial score (nSPS) is 17.1. The average Bonchev–Trinajstić information content (AvgIpc) is 2.82. The van der Waals surface area contributed by atoms with E-state index in [0.717, 1.165) is 37.3 Å². The minimum absolute atomic E-state index is 0.377. The Balaban J connectivity index is 1.97. The number of nitrogens with two attached hydrogens (primary N) is 1. The fourth-order valence-electron chi connectivity index (χ4n) is 2.34. The van der Waals surface area contributed by atoms with E-state index in [9.17, 15) is 4.79 Å². The zero-order chi connectivity index (χ0) is 12.5. The highest BCUT2D eigenvalue weighted by Crippen LogP contribution is 2.24. The molecule has 0 unspecified atom stereocenters. The number of rotatable bonds is 2. The third kappa shape index (κ3) is 1.95. The summed E-state index contributed by atoms with van der Waals surface area (Å²) in [4.78, 5) is 15.3. The highest BCUT2D eigenvalue weighted by atomic mass is 16.1. The third-order valence-corrected chi connectivity index (χ3v) is 3.37. The van der Waals surface area contributed by atoms with Gasteiger partial charge in [-0.3, -0.25) is 4.79 Å². The predicted octanol–water partition coefficient (Wildman–Crippen LogP) is 0.295. The molecule has 1 fully saturated rings. The summed E-state index contributed by atoms with van der Waals surface area (Å²) in [7, 11) is 0. The van der Waals surface area contributed by atoms with Crippen molar-refractivity contribution in [3.8, 4) is 0 Å². The fourth-order valence-corrected chi connectivity index (χ4v) is 2.34. The van der Waals surface area contributed by atoms with E-state index in [1.807, 2.05) is 6.07 Å². The van der Waals surface area contributed by atoms with Gasteiger partial charge in [0.25, 0.3) is 5.91 Å². The van der Waals surface area contributed by atoms with Gasteiger partial charge in [-0.25, -0.2) is 9.50 Å². The van der Waals surface area contributed by atoms with Gasteiger partial charge < -0.3 is 11.1 Å². The monoisotopic (exact) mass is 245 g/mol. The molecule has 0 saturated carbocycles. The van der Waals surface area contributed by atoms with Crippen molar-refractivity contribution in [2.24, 2.45) is 5.73 Å². The molecule has 0 atom stereocenters. The first-order valence-electron chi connectivity index (χ1n) is 6.10. The Labute approximate surface area is 104 Å². The molecule has 0 bridgehead atoms. The largest absolute Gasteiger partial charge is 0.366 e. The van der Waals surface area contributed by atoms with Crippen LogP contribution in [-0.2, 0) is 0 Å². The predicted molar refractivity (Wildman–Crippen MR) is 66.3 cm³/mol. The van der Waals surface area contributed by atoms with Gasteiger partial charge in [-0.05, 0) is 25.9 Å². The van der Waals surface area contributed by atoms with Crippen LogP contribution in [0.25, 0.3) is 5.65 Å². The van der Waals surface area contributed by atoms with E-state index in [2.05, 4.69) is 15.4 Å². The Morgan fingerprint density at radius 3 is 2.94 bits per heavy atom. The van der Waals surface area contributed by atoms with Crippen molar-refractivity contribution in [3.05, 3.63) is 29.7 Å². The summed E-state index contributed by atoms with van der Waals surface area (Å²) in [6, 6.07) is 1.99. The van der Waals surface area contributed by atoms with Crippen molar-refractivity contribution in [2.45, 2.75) is 18.8 Å². The van der Waals surface area contributed by atoms with Crippen molar-refractivity contribution in [1.29, 1.82) is 0 Å². The van der Waals surface area contributed by atoms with Crippen molar-refractivity contribution < 1.29 is 4.79 Å². The maximum atomic E-state index is 11.1. The maximum absolute atomic E-state index is 11.1. The van der Waals surface area contributed by atoms with Crippen LogP contribution in [0.4, 0.5) is 0 Å². The molecule has 0 aliphatic carbocycles. The topological polar surface area (TPSA) is 85.3 Å². The van der Waals surface area contributed by atoms with E-state index < -0.39 is 5.91 Å². The fraction of sp³-hybridized carbons (Fsp3) is 0.417. The van der Waals surface area contributed by atoms with E-state index >= 15 is 0 Å². The second-order valence-corrected chi connectivity index (χ2v) is 4.60. The maximum Gasteiger partial charge on any atom is 0.251 e. The highest BCUT2D eigenvalue weighted by Gasteiger charge is 2.18. The van der Waals surface area contributed by atoms with Crippen LogP contribution in [0.1, 0.15) is 34.8 Å². The zero-order valence-corrected chi connectivity index (χ0v) is 9.97. The first-order valence-corrected chi connectivity index (χ1v) is 6.10. The number of carbonyl (C=O) groups is 1. The Hall–Kier alpha value is -1.95. The van der Waals surface area contributed by atoms with Gasteiger partial charge in [0.1, 0.15) is 0 Å². The first-order chi connectivity index (χ1) is 8.74. The van der Waals surface area contributed by atoms with Crippen LogP contribution in [0.15, 0.2) is 18.5 Å². The Morgan fingerprint density at radius 2 is 2.22 bits per heavy atom. The van der Waals surface area contributed by atoms with Gasteiger partial charge >= 0.3 is 0 Å². The van der Waals surface area contributed by atoms with Gasteiger partial charge in [0.2, 0.25) is 0 Å². The molecule has 2 aromatic heterocycles. The van der Waals surface area contributed by atoms with Gasteiger partial charge in [-0.2, -0.15) is 5.10 Å². The lowest BCUT2D eigenvalue weighted by molar-refractivity contribution is 0.0999.